The normalized spacial score (nSPS) is 46.1. The van der Waals surface area contributed by atoms with E-state index in [1.54, 1.807) is 0 Å². The molecule has 0 aromatic rings. The first-order valence-corrected chi connectivity index (χ1v) is 4.03. The van der Waals surface area contributed by atoms with E-state index in [0.717, 1.165) is 0 Å². The van der Waals surface area contributed by atoms with Gasteiger partial charge in [-0.15, -0.1) is 25.3 Å². The van der Waals surface area contributed by atoms with Gasteiger partial charge in [-0.25, -0.2) is 0 Å². The fourth-order valence-corrected chi connectivity index (χ4v) is 2.34. The second-order valence-electron chi connectivity index (χ2n) is 1.60. The van der Waals surface area contributed by atoms with Crippen LogP contribution in [0.2, 0.25) is 0 Å². The molecule has 2 unspecified atom stereocenters. The van der Waals surface area contributed by atoms with Crippen LogP contribution in [0.15, 0.2) is 0 Å². The molecule has 0 bridgehead atoms. The molecule has 1 nitrogen and oxygen atoms in total. The van der Waals surface area contributed by atoms with Crippen molar-refractivity contribution in [3.8, 4) is 0 Å². The van der Waals surface area contributed by atoms with Gasteiger partial charge < -0.3 is 0 Å². The zero-order valence-corrected chi connectivity index (χ0v) is 6.39. The lowest BCUT2D eigenvalue weighted by atomic mass is 10.6. The SMILES string of the molecule is CC1S(=O)C1(S)S. The Morgan fingerprint density at radius 3 is 1.86 bits per heavy atom. The summed E-state index contributed by atoms with van der Waals surface area (Å²) >= 11 is 7.98. The second-order valence-corrected chi connectivity index (χ2v) is 5.91. The zero-order chi connectivity index (χ0) is 5.65. The maximum Gasteiger partial charge on any atom is 0.145 e. The molecule has 0 saturated carbocycles. The third-order valence-corrected chi connectivity index (χ3v) is 4.98. The Morgan fingerprint density at radius 1 is 1.71 bits per heavy atom. The average molecular weight is 154 g/mol. The lowest BCUT2D eigenvalue weighted by molar-refractivity contribution is 0.693. The van der Waals surface area contributed by atoms with Crippen molar-refractivity contribution in [2.24, 2.45) is 0 Å². The van der Waals surface area contributed by atoms with Crippen LogP contribution in [0.5, 0.6) is 0 Å². The van der Waals surface area contributed by atoms with Crippen molar-refractivity contribution < 1.29 is 4.21 Å². The zero-order valence-electron chi connectivity index (χ0n) is 3.79. The molecule has 0 radical (unpaired) electrons. The minimum atomic E-state index is -0.788. The molecule has 7 heavy (non-hydrogen) atoms. The van der Waals surface area contributed by atoms with Crippen LogP contribution in [-0.4, -0.2) is 12.9 Å². The van der Waals surface area contributed by atoms with Crippen LogP contribution >= 0.6 is 25.3 Å². The molecule has 1 rings (SSSR count). The van der Waals surface area contributed by atoms with Gasteiger partial charge in [-0.1, -0.05) is 0 Å². The Balaban J connectivity index is 2.70. The maximum atomic E-state index is 10.5. The maximum absolute atomic E-state index is 10.5. The minimum absolute atomic E-state index is 0.166. The van der Waals surface area contributed by atoms with Crippen molar-refractivity contribution in [1.29, 1.82) is 0 Å². The van der Waals surface area contributed by atoms with Gasteiger partial charge in [0.05, 0.1) is 16.0 Å². The lowest BCUT2D eigenvalue weighted by Gasteiger charge is -1.85. The highest BCUT2D eigenvalue weighted by Gasteiger charge is 2.55. The molecule has 0 aromatic heterocycles. The predicted molar refractivity (Wildman–Crippen MR) is 38.3 cm³/mol. The summed E-state index contributed by atoms with van der Waals surface area (Å²) < 4.78 is 10.0. The summed E-state index contributed by atoms with van der Waals surface area (Å²) in [7, 11) is -0.788. The van der Waals surface area contributed by atoms with E-state index in [9.17, 15) is 4.21 Å². The average Bonchev–Trinajstić information content (AvgIpc) is 1.91. The van der Waals surface area contributed by atoms with E-state index in [-0.39, 0.29) is 5.25 Å². The van der Waals surface area contributed by atoms with Gasteiger partial charge in [0, 0.05) is 0 Å². The summed E-state index contributed by atoms with van der Waals surface area (Å²) in [6.45, 7) is 1.87. The van der Waals surface area contributed by atoms with Gasteiger partial charge in [0.2, 0.25) is 0 Å². The largest absolute Gasteiger partial charge is 0.257 e. The van der Waals surface area contributed by atoms with Gasteiger partial charge in [0.25, 0.3) is 0 Å². The van der Waals surface area contributed by atoms with Gasteiger partial charge in [0.1, 0.15) is 3.41 Å². The lowest BCUT2D eigenvalue weighted by Crippen LogP contribution is -1.88. The van der Waals surface area contributed by atoms with Gasteiger partial charge in [0.15, 0.2) is 0 Å². The van der Waals surface area contributed by atoms with E-state index < -0.39 is 14.2 Å². The molecule has 0 amide bonds. The number of rotatable bonds is 0. The van der Waals surface area contributed by atoms with Crippen LogP contribution in [0.4, 0.5) is 0 Å². The summed E-state index contributed by atoms with van der Waals surface area (Å²) in [5, 5.41) is 0.166. The third-order valence-electron chi connectivity index (χ3n) is 1.09. The predicted octanol–water partition coefficient (Wildman–Crippen LogP) is 0.651. The van der Waals surface area contributed by atoms with E-state index in [2.05, 4.69) is 25.3 Å². The molecule has 2 atom stereocenters. The Labute approximate surface area is 56.1 Å². The van der Waals surface area contributed by atoms with Crippen LogP contribution in [0.3, 0.4) is 0 Å². The molecule has 0 N–H and O–H groups in total. The molecule has 1 aliphatic heterocycles. The van der Waals surface area contributed by atoms with Crippen LogP contribution in [0.25, 0.3) is 0 Å². The standard InChI is InChI=1S/C3H6OS3/c1-2-3(5,6)7(2)4/h2,5-6H,1H3. The topological polar surface area (TPSA) is 17.1 Å². The molecule has 0 aromatic carbocycles. The monoisotopic (exact) mass is 154 g/mol. The number of hydrogen-bond acceptors (Lipinski definition) is 3. The third kappa shape index (κ3) is 0.731. The van der Waals surface area contributed by atoms with Gasteiger partial charge in [-0.05, 0) is 6.92 Å². The Kier molecular flexibility index (Phi) is 1.21. The molecule has 4 heteroatoms. The Morgan fingerprint density at radius 2 is 1.86 bits per heavy atom. The fourth-order valence-electron chi connectivity index (χ4n) is 0.337. The van der Waals surface area contributed by atoms with Gasteiger partial charge >= 0.3 is 0 Å². The van der Waals surface area contributed by atoms with Crippen LogP contribution in [0, 0.1) is 0 Å². The Hall–Kier alpha value is 0.850. The fraction of sp³-hybridized carbons (Fsp3) is 1.00. The molecule has 1 aliphatic rings. The summed E-state index contributed by atoms with van der Waals surface area (Å²) in [5.74, 6) is 0. The molecule has 0 spiro atoms. The molecule has 0 aliphatic carbocycles. The van der Waals surface area contributed by atoms with Crippen molar-refractivity contribution >= 4 is 36.1 Å². The van der Waals surface area contributed by atoms with Crippen molar-refractivity contribution in [3.05, 3.63) is 0 Å². The molecule has 1 fully saturated rings. The minimum Gasteiger partial charge on any atom is -0.257 e. The van der Waals surface area contributed by atoms with Crippen molar-refractivity contribution in [1.82, 2.24) is 0 Å². The summed E-state index contributed by atoms with van der Waals surface area (Å²) in [5.41, 5.74) is 0. The van der Waals surface area contributed by atoms with Crippen LogP contribution in [0.1, 0.15) is 6.92 Å². The van der Waals surface area contributed by atoms with Crippen LogP contribution in [-0.2, 0) is 10.8 Å². The molecule has 42 valence electrons. The summed E-state index contributed by atoms with van der Waals surface area (Å²) in [6, 6.07) is 0. The molecule has 1 heterocycles. The summed E-state index contributed by atoms with van der Waals surface area (Å²) in [6.07, 6.45) is 0. The van der Waals surface area contributed by atoms with Crippen LogP contribution < -0.4 is 0 Å². The quantitative estimate of drug-likeness (QED) is 0.298. The summed E-state index contributed by atoms with van der Waals surface area (Å²) in [4.78, 5) is 0. The second kappa shape index (κ2) is 1.42. The van der Waals surface area contributed by atoms with Gasteiger partial charge in [-0.2, -0.15) is 0 Å². The Bertz CT molecular complexity index is 119. The van der Waals surface area contributed by atoms with E-state index in [1.165, 1.54) is 0 Å². The number of hydrogen-bond donors (Lipinski definition) is 2. The van der Waals surface area contributed by atoms with Crippen molar-refractivity contribution in [2.45, 2.75) is 15.6 Å². The highest BCUT2D eigenvalue weighted by atomic mass is 32.3. The first-order valence-electron chi connectivity index (χ1n) is 1.92. The number of thiol groups is 2. The van der Waals surface area contributed by atoms with E-state index >= 15 is 0 Å². The molecular formula is C3H6OS3. The molecule has 1 saturated heterocycles. The van der Waals surface area contributed by atoms with E-state index in [1.807, 2.05) is 6.92 Å². The first kappa shape index (κ1) is 5.98. The first-order chi connectivity index (χ1) is 3.07. The van der Waals surface area contributed by atoms with Crippen molar-refractivity contribution in [3.63, 3.8) is 0 Å². The highest BCUT2D eigenvalue weighted by Crippen LogP contribution is 2.47. The molecular weight excluding hydrogens is 148 g/mol. The van der Waals surface area contributed by atoms with E-state index in [4.69, 9.17) is 0 Å². The highest BCUT2D eigenvalue weighted by molar-refractivity contribution is 8.25. The van der Waals surface area contributed by atoms with Crippen molar-refractivity contribution in [2.75, 3.05) is 0 Å². The van der Waals surface area contributed by atoms with Gasteiger partial charge in [-0.3, -0.25) is 4.21 Å². The smallest absolute Gasteiger partial charge is 0.145 e. The van der Waals surface area contributed by atoms with E-state index in [0.29, 0.717) is 0 Å².